The molecule has 9 heteroatoms. The SMILES string of the molecule is [Fe+2].[N-]=C=C1C(O)=C(N)C([N+](=O)[O-])=C1C(=O)O.c1cc[cH-]c1. The van der Waals surface area contributed by atoms with Gasteiger partial charge in [-0.05, 0) is 0 Å². The molecule has 0 bridgehead atoms. The average molecular weight is 331 g/mol. The van der Waals surface area contributed by atoms with Gasteiger partial charge in [0, 0.05) is 0 Å². The minimum Gasteiger partial charge on any atom is -0.763 e. The summed E-state index contributed by atoms with van der Waals surface area (Å²) >= 11 is 0. The number of nitrogens with two attached hydrogens (primary N) is 1. The number of aliphatic carboxylic acids is 1. The maximum absolute atomic E-state index is 10.6. The van der Waals surface area contributed by atoms with Crippen LogP contribution < -0.4 is 5.73 Å². The van der Waals surface area contributed by atoms with Gasteiger partial charge in [0.25, 0.3) is 0 Å². The summed E-state index contributed by atoms with van der Waals surface area (Å²) in [6.45, 7) is 0. The fraction of sp³-hybridized carbons (Fsp3) is 0. The first-order valence-electron chi connectivity index (χ1n) is 5.17. The van der Waals surface area contributed by atoms with E-state index in [0.717, 1.165) is 0 Å². The van der Waals surface area contributed by atoms with Crippen molar-refractivity contribution >= 4 is 11.8 Å². The van der Waals surface area contributed by atoms with Crippen molar-refractivity contribution in [3.05, 3.63) is 74.2 Å². The van der Waals surface area contributed by atoms with Crippen LogP contribution in [-0.4, -0.2) is 27.0 Å². The summed E-state index contributed by atoms with van der Waals surface area (Å²) in [7, 11) is 0. The average Bonchev–Trinajstić information content (AvgIpc) is 3.01. The van der Waals surface area contributed by atoms with Gasteiger partial charge in [-0.2, -0.15) is 18.2 Å². The number of hydrogen-bond acceptors (Lipinski definition) is 5. The predicted molar refractivity (Wildman–Crippen MR) is 69.4 cm³/mol. The van der Waals surface area contributed by atoms with E-state index in [1.165, 1.54) is 5.87 Å². The number of nitrogens with zero attached hydrogens (tertiary/aromatic N) is 2. The zero-order valence-electron chi connectivity index (χ0n) is 10.3. The molecular weight excluding hydrogens is 322 g/mol. The first kappa shape index (κ1) is 18.3. The van der Waals surface area contributed by atoms with Gasteiger partial charge in [-0.15, -0.1) is 0 Å². The molecule has 0 heterocycles. The van der Waals surface area contributed by atoms with Crippen LogP contribution in [0.2, 0.25) is 0 Å². The third kappa shape index (κ3) is 3.87. The minimum atomic E-state index is -1.69. The smallest absolute Gasteiger partial charge is 0.763 e. The van der Waals surface area contributed by atoms with Gasteiger partial charge in [-0.3, -0.25) is 16.0 Å². The first-order chi connectivity index (χ1) is 9.41. The van der Waals surface area contributed by atoms with Crippen LogP contribution in [0.1, 0.15) is 0 Å². The summed E-state index contributed by atoms with van der Waals surface area (Å²) in [5.41, 5.74) is 1.84. The van der Waals surface area contributed by atoms with Crippen LogP contribution in [0.25, 0.3) is 5.41 Å². The van der Waals surface area contributed by atoms with Crippen LogP contribution in [0.3, 0.4) is 0 Å². The van der Waals surface area contributed by atoms with Crippen LogP contribution >= 0.6 is 0 Å². The second-order valence-corrected chi connectivity index (χ2v) is 3.50. The molecule has 0 spiro atoms. The molecule has 0 aromatic heterocycles. The van der Waals surface area contributed by atoms with Crippen molar-refractivity contribution in [1.82, 2.24) is 0 Å². The number of rotatable bonds is 2. The monoisotopic (exact) mass is 331 g/mol. The van der Waals surface area contributed by atoms with Gasteiger partial charge in [-0.1, -0.05) is 0 Å². The van der Waals surface area contributed by atoms with E-state index in [0.29, 0.717) is 0 Å². The zero-order valence-corrected chi connectivity index (χ0v) is 11.4. The van der Waals surface area contributed by atoms with Gasteiger partial charge < -0.3 is 21.4 Å². The Morgan fingerprint density at radius 2 is 1.95 bits per heavy atom. The van der Waals surface area contributed by atoms with Crippen molar-refractivity contribution in [1.29, 1.82) is 0 Å². The Morgan fingerprint density at radius 3 is 2.24 bits per heavy atom. The van der Waals surface area contributed by atoms with E-state index in [1.54, 1.807) is 0 Å². The number of allylic oxidation sites excluding steroid dienone is 1. The predicted octanol–water partition coefficient (Wildman–Crippen LogP) is 0.912. The zero-order chi connectivity index (χ0) is 15.3. The molecule has 4 N–H and O–H groups in total. The fourth-order valence-corrected chi connectivity index (χ4v) is 1.45. The number of carbonyl (C=O) groups is 1. The topological polar surface area (TPSA) is 149 Å². The molecule has 8 nitrogen and oxygen atoms in total. The molecule has 1 aliphatic rings. The summed E-state index contributed by atoms with van der Waals surface area (Å²) in [4.78, 5) is 20.1. The van der Waals surface area contributed by atoms with Crippen molar-refractivity contribution in [3.8, 4) is 0 Å². The molecule has 110 valence electrons. The Kier molecular flexibility index (Phi) is 6.75. The summed E-state index contributed by atoms with van der Waals surface area (Å²) in [5, 5.41) is 36.8. The van der Waals surface area contributed by atoms with Gasteiger partial charge in [-0.25, -0.2) is 16.9 Å². The van der Waals surface area contributed by atoms with Crippen LogP contribution in [0.15, 0.2) is 58.6 Å². The molecule has 21 heavy (non-hydrogen) atoms. The Hall–Kier alpha value is -2.73. The van der Waals surface area contributed by atoms with E-state index >= 15 is 0 Å². The number of carboxylic acid groups (broad SMARTS) is 1. The quantitative estimate of drug-likeness (QED) is 0.241. The largest absolute Gasteiger partial charge is 2.00 e. The fourth-order valence-electron chi connectivity index (χ4n) is 1.45. The molecule has 0 fully saturated rings. The number of carboxylic acids is 1. The van der Waals surface area contributed by atoms with Crippen LogP contribution in [0, 0.1) is 10.1 Å². The summed E-state index contributed by atoms with van der Waals surface area (Å²) < 4.78 is 0. The maximum Gasteiger partial charge on any atom is 2.00 e. The van der Waals surface area contributed by atoms with Gasteiger partial charge in [0.1, 0.15) is 0 Å². The summed E-state index contributed by atoms with van der Waals surface area (Å²) in [6, 6.07) is 10.0. The molecule has 1 aromatic rings. The molecule has 0 radical (unpaired) electrons. The molecule has 0 saturated heterocycles. The van der Waals surface area contributed by atoms with Crippen LogP contribution in [0.5, 0.6) is 0 Å². The van der Waals surface area contributed by atoms with Crippen LogP contribution in [0.4, 0.5) is 0 Å². The Balaban J connectivity index is 0.000000562. The molecule has 0 amide bonds. The normalized spacial score (nSPS) is 13.0. The number of aliphatic hydroxyl groups excluding tert-OH is 1. The molecule has 0 saturated carbocycles. The summed E-state index contributed by atoms with van der Waals surface area (Å²) in [6.07, 6.45) is 0. The molecule has 0 aliphatic heterocycles. The van der Waals surface area contributed by atoms with E-state index < -0.39 is 39.2 Å². The van der Waals surface area contributed by atoms with E-state index in [-0.39, 0.29) is 17.1 Å². The van der Waals surface area contributed by atoms with Gasteiger partial charge in [0.15, 0.2) is 17.0 Å². The van der Waals surface area contributed by atoms with Crippen molar-refractivity contribution in [2.24, 2.45) is 5.73 Å². The number of aliphatic hydroxyl groups is 1. The van der Waals surface area contributed by atoms with E-state index in [9.17, 15) is 20.0 Å². The maximum atomic E-state index is 10.6. The van der Waals surface area contributed by atoms with E-state index in [1.807, 2.05) is 30.3 Å². The molecule has 1 aromatic carbocycles. The molecule has 0 atom stereocenters. The molecule has 0 unspecified atom stereocenters. The van der Waals surface area contributed by atoms with Gasteiger partial charge in [0.05, 0.1) is 10.5 Å². The van der Waals surface area contributed by atoms with Crippen LogP contribution in [-0.2, 0) is 21.9 Å². The Bertz CT molecular complexity index is 637. The third-order valence-electron chi connectivity index (χ3n) is 2.30. The number of hydrogen-bond donors (Lipinski definition) is 3. The van der Waals surface area contributed by atoms with E-state index in [4.69, 9.17) is 16.2 Å². The van der Waals surface area contributed by atoms with Gasteiger partial charge in [0.2, 0.25) is 0 Å². The Morgan fingerprint density at radius 1 is 1.43 bits per heavy atom. The Labute approximate surface area is 129 Å². The standard InChI is InChI=1S/C7H4N3O5.C5H5.Fe/c8-1-2-3(7(12)13)5(10(14)15)4(9)6(2)11;1-2-4-5-3-1;/h11H,9H2,(H,12,13);1-5H;/q2*-1;+2. The van der Waals surface area contributed by atoms with E-state index in [2.05, 4.69) is 0 Å². The first-order valence-corrected chi connectivity index (χ1v) is 5.17. The molecule has 2 rings (SSSR count). The second-order valence-electron chi connectivity index (χ2n) is 3.50. The van der Waals surface area contributed by atoms with Crippen molar-refractivity contribution in [2.45, 2.75) is 0 Å². The van der Waals surface area contributed by atoms with Gasteiger partial charge >= 0.3 is 28.7 Å². The van der Waals surface area contributed by atoms with Crippen molar-refractivity contribution in [2.75, 3.05) is 0 Å². The number of nitro groups is 1. The van der Waals surface area contributed by atoms with Crippen molar-refractivity contribution < 1.29 is 37.0 Å². The third-order valence-corrected chi connectivity index (χ3v) is 2.30. The summed E-state index contributed by atoms with van der Waals surface area (Å²) in [5.74, 6) is -1.22. The second kappa shape index (κ2) is 7.76. The van der Waals surface area contributed by atoms with Crippen molar-refractivity contribution in [3.63, 3.8) is 0 Å². The minimum absolute atomic E-state index is 0. The molecule has 1 aliphatic carbocycles. The molecular formula is C12H9FeN3O5.